The molecule has 0 unspecified atom stereocenters. The van der Waals surface area contributed by atoms with Crippen LogP contribution in [-0.4, -0.2) is 58.0 Å². The SMILES string of the molecule is CCCCCCCCCCCCCCCCCCCCOP(=O)([O-])[O-].[K]. The van der Waals surface area contributed by atoms with Gasteiger partial charge in [0.05, 0.1) is 14.4 Å². The van der Waals surface area contributed by atoms with E-state index < -0.39 is 7.82 Å². The van der Waals surface area contributed by atoms with Crippen LogP contribution in [0.4, 0.5) is 0 Å². The van der Waals surface area contributed by atoms with Crippen LogP contribution in [-0.2, 0) is 9.09 Å². The fraction of sp³-hybridized carbons (Fsp3) is 1.00. The molecule has 0 spiro atoms. The fourth-order valence-electron chi connectivity index (χ4n) is 3.18. The minimum Gasteiger partial charge on any atom is -0.790 e. The number of phosphoric ester groups is 1. The molecule has 26 heavy (non-hydrogen) atoms. The summed E-state index contributed by atoms with van der Waals surface area (Å²) in [5, 5.41) is 0. The molecule has 0 aromatic rings. The van der Waals surface area contributed by atoms with Crippen LogP contribution in [0.1, 0.15) is 122 Å². The van der Waals surface area contributed by atoms with Crippen molar-refractivity contribution in [1.29, 1.82) is 0 Å². The van der Waals surface area contributed by atoms with E-state index in [0.717, 1.165) is 12.8 Å². The zero-order valence-corrected chi connectivity index (χ0v) is 21.5. The van der Waals surface area contributed by atoms with Crippen molar-refractivity contribution in [3.63, 3.8) is 0 Å². The molecule has 0 atom stereocenters. The third-order valence-electron chi connectivity index (χ3n) is 4.75. The van der Waals surface area contributed by atoms with E-state index in [4.69, 9.17) is 0 Å². The molecular weight excluding hydrogens is 374 g/mol. The number of hydrogen-bond donors (Lipinski definition) is 0. The Morgan fingerprint density at radius 1 is 0.577 bits per heavy atom. The van der Waals surface area contributed by atoms with E-state index in [-0.39, 0.29) is 58.0 Å². The maximum Gasteiger partial charge on any atom is 0.0596 e. The molecular formula is C20H41KO4P-2. The molecule has 0 amide bonds. The molecule has 0 aliphatic rings. The molecule has 0 fully saturated rings. The van der Waals surface area contributed by atoms with Crippen molar-refractivity contribution in [1.82, 2.24) is 0 Å². The van der Waals surface area contributed by atoms with Crippen molar-refractivity contribution >= 4 is 59.2 Å². The fourth-order valence-corrected chi connectivity index (χ4v) is 3.53. The van der Waals surface area contributed by atoms with Gasteiger partial charge in [-0.25, -0.2) is 0 Å². The molecule has 0 aromatic carbocycles. The second-order valence-corrected chi connectivity index (χ2v) is 8.44. The Morgan fingerprint density at radius 3 is 1.12 bits per heavy atom. The van der Waals surface area contributed by atoms with Gasteiger partial charge in [-0.1, -0.05) is 116 Å². The van der Waals surface area contributed by atoms with Crippen LogP contribution in [0, 0.1) is 0 Å². The van der Waals surface area contributed by atoms with Gasteiger partial charge in [0.1, 0.15) is 0 Å². The van der Waals surface area contributed by atoms with Crippen LogP contribution < -0.4 is 9.79 Å². The van der Waals surface area contributed by atoms with Crippen LogP contribution in [0.5, 0.6) is 0 Å². The van der Waals surface area contributed by atoms with Gasteiger partial charge in [0, 0.05) is 51.4 Å². The maximum absolute atomic E-state index is 10.3. The van der Waals surface area contributed by atoms with E-state index in [2.05, 4.69) is 11.4 Å². The Hall–Kier alpha value is 1.75. The number of phosphoric acid groups is 1. The average Bonchev–Trinajstić information content (AvgIpc) is 2.56. The third kappa shape index (κ3) is 28.0. The smallest absolute Gasteiger partial charge is 0.0596 e. The second kappa shape index (κ2) is 23.0. The summed E-state index contributed by atoms with van der Waals surface area (Å²) in [6.45, 7) is 2.31. The molecule has 6 heteroatoms. The molecule has 153 valence electrons. The molecule has 1 radical (unpaired) electrons. The molecule has 0 N–H and O–H groups in total. The predicted octanol–water partition coefficient (Wildman–Crippen LogP) is 5.49. The third-order valence-corrected chi connectivity index (χ3v) is 5.25. The minimum absolute atomic E-state index is 0. The van der Waals surface area contributed by atoms with Gasteiger partial charge in [-0.2, -0.15) is 0 Å². The molecule has 0 bridgehead atoms. The first kappa shape index (κ1) is 29.9. The van der Waals surface area contributed by atoms with Gasteiger partial charge in [-0.3, -0.25) is 0 Å². The summed E-state index contributed by atoms with van der Waals surface area (Å²) in [6, 6.07) is 0. The van der Waals surface area contributed by atoms with Crippen molar-refractivity contribution in [3.8, 4) is 0 Å². The van der Waals surface area contributed by atoms with Crippen LogP contribution in [0.2, 0.25) is 0 Å². The van der Waals surface area contributed by atoms with Gasteiger partial charge in [-0.15, -0.1) is 0 Å². The van der Waals surface area contributed by atoms with E-state index in [1.54, 1.807) is 0 Å². The Bertz CT molecular complexity index is 310. The molecule has 0 aliphatic heterocycles. The van der Waals surface area contributed by atoms with Crippen LogP contribution >= 0.6 is 7.82 Å². The normalized spacial score (nSPS) is 11.5. The van der Waals surface area contributed by atoms with Crippen molar-refractivity contribution < 1.29 is 18.9 Å². The summed E-state index contributed by atoms with van der Waals surface area (Å²) >= 11 is 0. The molecule has 0 aliphatic carbocycles. The molecule has 4 nitrogen and oxygen atoms in total. The van der Waals surface area contributed by atoms with Gasteiger partial charge in [-0.05, 0) is 6.42 Å². The summed E-state index contributed by atoms with van der Waals surface area (Å²) in [6.07, 6.45) is 23.3. The van der Waals surface area contributed by atoms with E-state index in [1.165, 1.54) is 96.3 Å². The molecule has 0 saturated heterocycles. The zero-order valence-electron chi connectivity index (χ0n) is 17.5. The van der Waals surface area contributed by atoms with Gasteiger partial charge in [0.2, 0.25) is 0 Å². The number of rotatable bonds is 20. The predicted molar refractivity (Wildman–Crippen MR) is 108 cm³/mol. The summed E-state index contributed by atoms with van der Waals surface area (Å²) in [5.74, 6) is 0. The van der Waals surface area contributed by atoms with Crippen molar-refractivity contribution in [2.75, 3.05) is 6.61 Å². The van der Waals surface area contributed by atoms with Crippen LogP contribution in [0.3, 0.4) is 0 Å². The van der Waals surface area contributed by atoms with Crippen molar-refractivity contribution in [3.05, 3.63) is 0 Å². The second-order valence-electron chi connectivity index (χ2n) is 7.29. The van der Waals surface area contributed by atoms with Gasteiger partial charge in [0.15, 0.2) is 0 Å². The molecule has 0 heterocycles. The summed E-state index contributed by atoms with van der Waals surface area (Å²) in [4.78, 5) is 20.5. The minimum atomic E-state index is -4.76. The largest absolute Gasteiger partial charge is 0.790 e. The average molecular weight is 416 g/mol. The zero-order chi connectivity index (χ0) is 18.6. The standard InChI is InChI=1S/C20H43O4P.K/c1-2-3-4-5-6-7-8-9-10-11-12-13-14-15-16-17-18-19-20-24-25(21,22)23;/h2-20H2,1H3,(H2,21,22,23);/p-2. The van der Waals surface area contributed by atoms with Crippen molar-refractivity contribution in [2.45, 2.75) is 122 Å². The first-order valence-electron chi connectivity index (χ1n) is 10.7. The Morgan fingerprint density at radius 2 is 0.846 bits per heavy atom. The quantitative estimate of drug-likeness (QED) is 0.150. The summed E-state index contributed by atoms with van der Waals surface area (Å²) in [5.41, 5.74) is 0. The van der Waals surface area contributed by atoms with E-state index >= 15 is 0 Å². The Balaban J connectivity index is 0. The van der Waals surface area contributed by atoms with Crippen molar-refractivity contribution in [2.24, 2.45) is 0 Å². The van der Waals surface area contributed by atoms with Crippen LogP contribution in [0.25, 0.3) is 0 Å². The molecule has 0 saturated carbocycles. The Labute approximate surface area is 205 Å². The number of unbranched alkanes of at least 4 members (excludes halogenated alkanes) is 17. The van der Waals surface area contributed by atoms with E-state index in [1.807, 2.05) is 0 Å². The Kier molecular flexibility index (Phi) is 26.5. The topological polar surface area (TPSA) is 72.4 Å². The van der Waals surface area contributed by atoms with Gasteiger partial charge < -0.3 is 18.9 Å². The van der Waals surface area contributed by atoms with Crippen LogP contribution in [0.15, 0.2) is 0 Å². The molecule has 0 aromatic heterocycles. The molecule has 0 rings (SSSR count). The summed E-state index contributed by atoms with van der Waals surface area (Å²) < 4.78 is 14.5. The van der Waals surface area contributed by atoms with Gasteiger partial charge >= 0.3 is 0 Å². The van der Waals surface area contributed by atoms with E-state index in [9.17, 15) is 14.4 Å². The van der Waals surface area contributed by atoms with Gasteiger partial charge in [0.25, 0.3) is 0 Å². The first-order chi connectivity index (χ1) is 12.1. The maximum atomic E-state index is 10.3. The monoisotopic (exact) mass is 415 g/mol. The summed E-state index contributed by atoms with van der Waals surface area (Å²) in [7, 11) is -4.76. The first-order valence-corrected chi connectivity index (χ1v) is 12.2. The van der Waals surface area contributed by atoms with E-state index in [0.29, 0.717) is 6.42 Å². The number of hydrogen-bond acceptors (Lipinski definition) is 4.